The lowest BCUT2D eigenvalue weighted by molar-refractivity contribution is 0.0106. The third-order valence-corrected chi connectivity index (χ3v) is 12.7. The maximum absolute atomic E-state index is 12.7. The van der Waals surface area contributed by atoms with Crippen LogP contribution in [-0.2, 0) is 26.9 Å². The molecule has 1 aromatic rings. The van der Waals surface area contributed by atoms with Crippen LogP contribution < -0.4 is 0 Å². The van der Waals surface area contributed by atoms with Gasteiger partial charge in [-0.1, -0.05) is 48.0 Å². The Morgan fingerprint density at radius 2 is 1.76 bits per heavy atom. The van der Waals surface area contributed by atoms with Crippen molar-refractivity contribution < 1.29 is 23.8 Å². The van der Waals surface area contributed by atoms with E-state index in [4.69, 9.17) is 18.9 Å². The zero-order chi connectivity index (χ0) is 28.6. The number of hydrogen-bond acceptors (Lipinski definition) is 7. The third kappa shape index (κ3) is 11.3. The minimum Gasteiger partial charge on any atom is -0.444 e. The minimum atomic E-state index is -1.95. The first-order valence-corrected chi connectivity index (χ1v) is 17.5. The molecule has 1 heterocycles. The van der Waals surface area contributed by atoms with E-state index in [1.54, 1.807) is 11.9 Å². The Bertz CT molecular complexity index is 830. The normalized spacial score (nSPS) is 14.6. The molecule has 216 valence electrons. The summed E-state index contributed by atoms with van der Waals surface area (Å²) in [6.45, 7) is 24.8. The third-order valence-electron chi connectivity index (χ3n) is 6.98. The number of aromatic nitrogens is 1. The summed E-state index contributed by atoms with van der Waals surface area (Å²) in [5, 5.41) is 12.0. The van der Waals surface area contributed by atoms with E-state index in [-0.39, 0.29) is 23.1 Å². The van der Waals surface area contributed by atoms with Gasteiger partial charge in [0.15, 0.2) is 8.32 Å². The summed E-state index contributed by atoms with van der Waals surface area (Å²) in [6.07, 6.45) is 2.12. The smallest absolute Gasteiger partial charge is 0.410 e. The first-order valence-electron chi connectivity index (χ1n) is 13.7. The van der Waals surface area contributed by atoms with Gasteiger partial charge in [0.1, 0.15) is 16.7 Å². The zero-order valence-electron chi connectivity index (χ0n) is 25.6. The lowest BCUT2D eigenvalue weighted by Gasteiger charge is -2.36. The summed E-state index contributed by atoms with van der Waals surface area (Å²) >= 11 is 1.53. The molecule has 0 saturated carbocycles. The van der Waals surface area contributed by atoms with Crippen LogP contribution in [0.4, 0.5) is 4.79 Å². The van der Waals surface area contributed by atoms with Crippen molar-refractivity contribution in [3.63, 3.8) is 0 Å². The lowest BCUT2D eigenvalue weighted by atomic mass is 9.97. The van der Waals surface area contributed by atoms with Gasteiger partial charge in [-0.25, -0.2) is 9.78 Å². The molecule has 0 aromatic carbocycles. The molecule has 0 fully saturated rings. The molecule has 0 aliphatic rings. The molecule has 0 aliphatic heterocycles. The number of aliphatic hydroxyl groups is 1. The summed E-state index contributed by atoms with van der Waals surface area (Å²) in [7, 11) is -0.212. The fourth-order valence-corrected chi connectivity index (χ4v) is 5.49. The van der Waals surface area contributed by atoms with Gasteiger partial charge in [0, 0.05) is 37.4 Å². The number of thiazole rings is 1. The van der Waals surface area contributed by atoms with E-state index in [0.29, 0.717) is 24.6 Å². The molecule has 9 heteroatoms. The summed E-state index contributed by atoms with van der Waals surface area (Å²) in [5.74, 6) is 0.139. The van der Waals surface area contributed by atoms with Gasteiger partial charge in [-0.05, 0) is 51.2 Å². The lowest BCUT2D eigenvalue weighted by Crippen LogP contribution is -2.44. The van der Waals surface area contributed by atoms with Gasteiger partial charge < -0.3 is 23.9 Å². The van der Waals surface area contributed by atoms with Gasteiger partial charge in [0.05, 0.1) is 18.9 Å². The average Bonchev–Trinajstić information content (AvgIpc) is 3.16. The van der Waals surface area contributed by atoms with Crippen molar-refractivity contribution in [3.8, 4) is 0 Å². The van der Waals surface area contributed by atoms with Crippen LogP contribution >= 0.6 is 11.3 Å². The molecule has 0 saturated heterocycles. The van der Waals surface area contributed by atoms with Crippen molar-refractivity contribution in [2.45, 2.75) is 130 Å². The number of rotatable bonds is 14. The first kappa shape index (κ1) is 34.0. The molecule has 0 unspecified atom stereocenters. The van der Waals surface area contributed by atoms with E-state index in [2.05, 4.69) is 54.6 Å². The highest BCUT2D eigenvalue weighted by Crippen LogP contribution is 2.38. The topological polar surface area (TPSA) is 81.1 Å². The highest BCUT2D eigenvalue weighted by molar-refractivity contribution is 7.11. The number of amides is 1. The van der Waals surface area contributed by atoms with E-state index in [0.717, 1.165) is 36.4 Å². The number of hydrogen-bond donors (Lipinski definition) is 1. The van der Waals surface area contributed by atoms with E-state index >= 15 is 0 Å². The van der Waals surface area contributed by atoms with Crippen molar-refractivity contribution in [1.82, 2.24) is 9.88 Å². The second-order valence-electron chi connectivity index (χ2n) is 12.8. The quantitative estimate of drug-likeness (QED) is 0.190. The van der Waals surface area contributed by atoms with Gasteiger partial charge >= 0.3 is 6.09 Å². The maximum Gasteiger partial charge on any atom is 0.410 e. The second-order valence-corrected chi connectivity index (χ2v) is 18.8. The predicted molar refractivity (Wildman–Crippen MR) is 156 cm³/mol. The van der Waals surface area contributed by atoms with Crippen LogP contribution in [0.2, 0.25) is 18.1 Å². The molecule has 1 N–H and O–H groups in total. The van der Waals surface area contributed by atoms with E-state index in [1.165, 1.54) is 11.3 Å². The molecule has 2 atom stereocenters. The summed E-state index contributed by atoms with van der Waals surface area (Å²) in [6, 6.07) is -0.193. The van der Waals surface area contributed by atoms with Crippen LogP contribution in [0.25, 0.3) is 0 Å². The Kier molecular flexibility index (Phi) is 13.2. The monoisotopic (exact) mass is 558 g/mol. The Labute approximate surface area is 231 Å². The SMILES string of the molecule is CCCCOCCc1sc([C@H](O)C[C@H](C(C)C)N(C)C(=O)OC(C)(C)C)nc1CO[Si](C)(C)C(C)(C)C. The highest BCUT2D eigenvalue weighted by Gasteiger charge is 2.37. The fraction of sp³-hybridized carbons (Fsp3) is 0.857. The Morgan fingerprint density at radius 3 is 2.27 bits per heavy atom. The fourth-order valence-electron chi connectivity index (χ4n) is 3.51. The summed E-state index contributed by atoms with van der Waals surface area (Å²) in [4.78, 5) is 20.3. The van der Waals surface area contributed by atoms with Crippen LogP contribution in [0.3, 0.4) is 0 Å². The van der Waals surface area contributed by atoms with Crippen LogP contribution in [0.15, 0.2) is 0 Å². The zero-order valence-corrected chi connectivity index (χ0v) is 27.4. The Hall–Kier alpha value is -1.00. The largest absolute Gasteiger partial charge is 0.444 e. The van der Waals surface area contributed by atoms with Gasteiger partial charge in [-0.15, -0.1) is 11.3 Å². The molecule has 7 nitrogen and oxygen atoms in total. The first-order chi connectivity index (χ1) is 16.9. The number of aliphatic hydroxyl groups excluding tert-OH is 1. The number of ether oxygens (including phenoxy) is 2. The summed E-state index contributed by atoms with van der Waals surface area (Å²) < 4.78 is 17.9. The molecule has 0 radical (unpaired) electrons. The average molecular weight is 559 g/mol. The van der Waals surface area contributed by atoms with Crippen molar-refractivity contribution in [2.24, 2.45) is 5.92 Å². The van der Waals surface area contributed by atoms with Gasteiger partial charge in [0.25, 0.3) is 0 Å². The van der Waals surface area contributed by atoms with Gasteiger partial charge in [-0.3, -0.25) is 0 Å². The number of carbonyl (C=O) groups is 1. The molecule has 1 aromatic heterocycles. The number of unbranched alkanes of at least 4 members (excludes halogenated alkanes) is 1. The molecule has 37 heavy (non-hydrogen) atoms. The maximum atomic E-state index is 12.7. The van der Waals surface area contributed by atoms with Crippen LogP contribution in [-0.4, -0.2) is 61.3 Å². The molecular formula is C28H54N2O5SSi. The van der Waals surface area contributed by atoms with Crippen molar-refractivity contribution in [3.05, 3.63) is 15.6 Å². The van der Waals surface area contributed by atoms with E-state index in [1.807, 2.05) is 20.8 Å². The Balaban J connectivity index is 3.09. The predicted octanol–water partition coefficient (Wildman–Crippen LogP) is 7.34. The minimum absolute atomic E-state index is 0.103. The second kappa shape index (κ2) is 14.4. The van der Waals surface area contributed by atoms with Gasteiger partial charge in [-0.2, -0.15) is 0 Å². The molecule has 1 amide bonds. The molecule has 1 rings (SSSR count). The molecule has 0 aliphatic carbocycles. The standard InChI is InChI=1S/C28H54N2O5SSi/c1-13-14-16-33-17-15-24-21(19-34-37(11,12)28(7,8)9)29-25(36-24)23(31)18-22(20(2)3)30(10)26(32)35-27(4,5)6/h20,22-23,31H,13-19H2,1-12H3/t22-,23-/m1/s1. The van der Waals surface area contributed by atoms with Crippen LogP contribution in [0.1, 0.15) is 103 Å². The van der Waals surface area contributed by atoms with Crippen LogP contribution in [0, 0.1) is 5.92 Å². The van der Waals surface area contributed by atoms with Crippen LogP contribution in [0.5, 0.6) is 0 Å². The van der Waals surface area contributed by atoms with E-state index < -0.39 is 20.0 Å². The number of carbonyl (C=O) groups excluding carboxylic acids is 1. The van der Waals surface area contributed by atoms with Crippen molar-refractivity contribution in [2.75, 3.05) is 20.3 Å². The van der Waals surface area contributed by atoms with Crippen molar-refractivity contribution in [1.29, 1.82) is 0 Å². The number of nitrogens with zero attached hydrogens (tertiary/aromatic N) is 2. The van der Waals surface area contributed by atoms with Crippen molar-refractivity contribution >= 4 is 25.7 Å². The summed E-state index contributed by atoms with van der Waals surface area (Å²) in [5.41, 5.74) is 0.318. The molecule has 0 bridgehead atoms. The molecule has 0 spiro atoms. The Morgan fingerprint density at radius 1 is 1.14 bits per heavy atom. The molecular weight excluding hydrogens is 504 g/mol. The van der Waals surface area contributed by atoms with Gasteiger partial charge in [0.2, 0.25) is 0 Å². The van der Waals surface area contributed by atoms with E-state index in [9.17, 15) is 9.90 Å². The highest BCUT2D eigenvalue weighted by atomic mass is 32.1.